The van der Waals surface area contributed by atoms with Crippen LogP contribution in [0.1, 0.15) is 84.9 Å². The van der Waals surface area contributed by atoms with Crippen molar-refractivity contribution in [3.05, 3.63) is 99.2 Å². The third-order valence-corrected chi connectivity index (χ3v) is 8.64. The Morgan fingerprint density at radius 2 is 1.93 bits per heavy atom. The van der Waals surface area contributed by atoms with Crippen LogP contribution in [0.3, 0.4) is 0 Å². The van der Waals surface area contributed by atoms with Crippen molar-refractivity contribution < 1.29 is 14.6 Å². The molecule has 0 spiro atoms. The van der Waals surface area contributed by atoms with Crippen LogP contribution >= 0.6 is 22.9 Å². The molecule has 1 aliphatic rings. The van der Waals surface area contributed by atoms with E-state index in [1.165, 1.54) is 37.0 Å². The molecular formula is C35H45ClN2O3S. The molecule has 0 aliphatic heterocycles. The molecule has 1 saturated carbocycles. The quantitative estimate of drug-likeness (QED) is 0.168. The molecule has 1 heterocycles. The zero-order valence-electron chi connectivity index (χ0n) is 25.6. The highest BCUT2D eigenvalue weighted by atomic mass is 35.5. The number of amides is 1. The van der Waals surface area contributed by atoms with E-state index >= 15 is 0 Å². The lowest BCUT2D eigenvalue weighted by molar-refractivity contribution is 0.00710. The summed E-state index contributed by atoms with van der Waals surface area (Å²) in [7, 11) is 0. The third kappa shape index (κ3) is 9.82. The van der Waals surface area contributed by atoms with E-state index in [4.69, 9.17) is 16.3 Å². The van der Waals surface area contributed by atoms with Gasteiger partial charge in [-0.3, -0.25) is 4.79 Å². The number of carbonyl (C=O) groups excluding carboxylic acids is 1. The maximum atomic E-state index is 13.0. The van der Waals surface area contributed by atoms with Gasteiger partial charge in [-0.2, -0.15) is 0 Å². The zero-order valence-corrected chi connectivity index (χ0v) is 27.2. The summed E-state index contributed by atoms with van der Waals surface area (Å²) in [5.41, 5.74) is 4.36. The fourth-order valence-corrected chi connectivity index (χ4v) is 6.19. The van der Waals surface area contributed by atoms with E-state index in [-0.39, 0.29) is 17.8 Å². The second-order valence-electron chi connectivity index (χ2n) is 11.0. The van der Waals surface area contributed by atoms with Gasteiger partial charge in [-0.1, -0.05) is 73.8 Å². The minimum absolute atomic E-state index is 0.00591. The number of carbonyl (C=O) groups is 1. The Morgan fingerprint density at radius 1 is 1.21 bits per heavy atom. The summed E-state index contributed by atoms with van der Waals surface area (Å²) in [5.74, 6) is 0.899. The lowest BCUT2D eigenvalue weighted by Crippen LogP contribution is -2.25. The Bertz CT molecular complexity index is 1360. The molecule has 0 radical (unpaired) electrons. The first-order chi connectivity index (χ1) is 20.1. The van der Waals surface area contributed by atoms with Gasteiger partial charge >= 0.3 is 0 Å². The highest BCUT2D eigenvalue weighted by Crippen LogP contribution is 2.32. The normalized spacial score (nSPS) is 14.4. The van der Waals surface area contributed by atoms with Crippen LogP contribution in [-0.2, 0) is 17.7 Å². The average molecular weight is 609 g/mol. The van der Waals surface area contributed by atoms with Gasteiger partial charge in [0.15, 0.2) is 0 Å². The van der Waals surface area contributed by atoms with Crippen molar-refractivity contribution in [2.75, 3.05) is 0 Å². The van der Waals surface area contributed by atoms with Crippen LogP contribution in [0.4, 0.5) is 0 Å². The van der Waals surface area contributed by atoms with Gasteiger partial charge in [0, 0.05) is 23.4 Å². The maximum Gasteiger partial charge on any atom is 0.271 e. The van der Waals surface area contributed by atoms with Gasteiger partial charge in [0.1, 0.15) is 22.6 Å². The predicted octanol–water partition coefficient (Wildman–Crippen LogP) is 9.56. The number of allylic oxidation sites excluding steroid dienone is 2. The molecule has 0 bridgehead atoms. The van der Waals surface area contributed by atoms with Crippen molar-refractivity contribution in [3.63, 3.8) is 0 Å². The van der Waals surface area contributed by atoms with Crippen LogP contribution in [-0.4, -0.2) is 28.2 Å². The summed E-state index contributed by atoms with van der Waals surface area (Å²) in [5, 5.41) is 14.8. The number of benzene rings is 2. The lowest BCUT2D eigenvalue weighted by atomic mass is 10.00. The monoisotopic (exact) mass is 608 g/mol. The molecule has 1 unspecified atom stereocenters. The Labute approximate surface area is 260 Å². The number of thiazole rings is 1. The molecule has 2 N–H and O–H groups in total. The zero-order chi connectivity index (χ0) is 30.6. The molecule has 42 heavy (non-hydrogen) atoms. The van der Waals surface area contributed by atoms with Crippen molar-refractivity contribution in [2.24, 2.45) is 5.92 Å². The van der Waals surface area contributed by atoms with Gasteiger partial charge in [-0.25, -0.2) is 4.98 Å². The second kappa shape index (κ2) is 16.6. The SMILES string of the molecule is C=CC1CCCC1.CC/C=C(/O)C(Cc1ccc(C)c(CNC(=O)c2nc(-c3ccccc3Cl)sc2C)c1)OC(C)C. The molecular weight excluding hydrogens is 564 g/mol. The standard InChI is InChI=1S/C28H33ClN2O3S.C7H12/c1-6-9-24(32)25(34-17(2)3)15-20-13-12-18(4)21(14-20)16-30-27(33)26-19(5)35-28(31-26)22-10-7-8-11-23(22)29;1-2-7-5-3-4-6-7/h7-14,17,25,32H,6,15-16H2,1-5H3,(H,30,33);2,7H,1,3-6H2/b24-9+;. The number of nitrogens with one attached hydrogen (secondary N) is 1. The second-order valence-corrected chi connectivity index (χ2v) is 12.7. The molecule has 1 atom stereocenters. The molecule has 1 aromatic heterocycles. The van der Waals surface area contributed by atoms with E-state index < -0.39 is 6.10 Å². The predicted molar refractivity (Wildman–Crippen MR) is 177 cm³/mol. The first-order valence-corrected chi connectivity index (χ1v) is 16.1. The fraction of sp³-hybridized carbons (Fsp3) is 0.429. The van der Waals surface area contributed by atoms with Crippen molar-refractivity contribution in [3.8, 4) is 10.6 Å². The number of aliphatic hydroxyl groups excluding tert-OH is 1. The largest absolute Gasteiger partial charge is 0.510 e. The van der Waals surface area contributed by atoms with Crippen molar-refractivity contribution in [2.45, 2.75) is 91.9 Å². The van der Waals surface area contributed by atoms with E-state index in [9.17, 15) is 9.90 Å². The first kappa shape index (κ1) is 33.6. The van der Waals surface area contributed by atoms with E-state index in [0.717, 1.165) is 44.5 Å². The van der Waals surface area contributed by atoms with Crippen LogP contribution in [0.25, 0.3) is 10.6 Å². The minimum Gasteiger partial charge on any atom is -0.510 e. The summed E-state index contributed by atoms with van der Waals surface area (Å²) in [6.45, 7) is 13.9. The Morgan fingerprint density at radius 3 is 2.55 bits per heavy atom. The molecule has 1 fully saturated rings. The average Bonchev–Trinajstić information content (AvgIpc) is 3.63. The number of hydrogen-bond donors (Lipinski definition) is 2. The van der Waals surface area contributed by atoms with Crippen LogP contribution in [0.5, 0.6) is 0 Å². The minimum atomic E-state index is -0.402. The van der Waals surface area contributed by atoms with Crippen LogP contribution < -0.4 is 5.32 Å². The van der Waals surface area contributed by atoms with E-state index in [1.54, 1.807) is 6.08 Å². The summed E-state index contributed by atoms with van der Waals surface area (Å²) in [4.78, 5) is 18.4. The molecule has 1 amide bonds. The fourth-order valence-electron chi connectivity index (χ4n) is 4.96. The smallest absolute Gasteiger partial charge is 0.271 e. The van der Waals surface area contributed by atoms with Gasteiger partial charge < -0.3 is 15.2 Å². The molecule has 5 nitrogen and oxygen atoms in total. The number of hydrogen-bond acceptors (Lipinski definition) is 5. The van der Waals surface area contributed by atoms with Crippen LogP contribution in [0, 0.1) is 19.8 Å². The number of aliphatic hydroxyl groups is 1. The van der Waals surface area contributed by atoms with Gasteiger partial charge in [-0.05, 0) is 81.7 Å². The van der Waals surface area contributed by atoms with Crippen molar-refractivity contribution in [1.29, 1.82) is 0 Å². The Kier molecular flexibility index (Phi) is 13.3. The Hall–Kier alpha value is -2.93. The van der Waals surface area contributed by atoms with Gasteiger partial charge in [-0.15, -0.1) is 17.9 Å². The van der Waals surface area contributed by atoms with Crippen molar-refractivity contribution >= 4 is 28.8 Å². The number of rotatable bonds is 11. The molecule has 0 saturated heterocycles. The highest BCUT2D eigenvalue weighted by Gasteiger charge is 2.19. The number of ether oxygens (including phenoxy) is 1. The number of nitrogens with zero attached hydrogens (tertiary/aromatic N) is 1. The molecule has 4 rings (SSSR count). The third-order valence-electron chi connectivity index (χ3n) is 7.30. The molecule has 2 aromatic carbocycles. The molecule has 1 aliphatic carbocycles. The summed E-state index contributed by atoms with van der Waals surface area (Å²) in [6.07, 6.45) is 10.4. The van der Waals surface area contributed by atoms with Crippen LogP contribution in [0.2, 0.25) is 5.02 Å². The van der Waals surface area contributed by atoms with Crippen LogP contribution in [0.15, 0.2) is 67.0 Å². The topological polar surface area (TPSA) is 71.5 Å². The van der Waals surface area contributed by atoms with E-state index in [1.807, 2.05) is 71.0 Å². The molecule has 7 heteroatoms. The number of aromatic nitrogens is 1. The van der Waals surface area contributed by atoms with Gasteiger partial charge in [0.2, 0.25) is 0 Å². The first-order valence-electron chi connectivity index (χ1n) is 14.9. The summed E-state index contributed by atoms with van der Waals surface area (Å²) >= 11 is 7.77. The van der Waals surface area contributed by atoms with Gasteiger partial charge in [0.25, 0.3) is 5.91 Å². The number of halogens is 1. The summed E-state index contributed by atoms with van der Waals surface area (Å²) < 4.78 is 5.95. The molecule has 3 aromatic rings. The Balaban J connectivity index is 0.000000603. The van der Waals surface area contributed by atoms with Crippen molar-refractivity contribution in [1.82, 2.24) is 10.3 Å². The number of aryl methyl sites for hydroxylation is 2. The summed E-state index contributed by atoms with van der Waals surface area (Å²) in [6, 6.07) is 13.6. The molecule has 226 valence electrons. The van der Waals surface area contributed by atoms with E-state index in [0.29, 0.717) is 23.7 Å². The van der Waals surface area contributed by atoms with E-state index in [2.05, 4.69) is 29.0 Å². The van der Waals surface area contributed by atoms with Gasteiger partial charge in [0.05, 0.1) is 11.1 Å². The lowest BCUT2D eigenvalue weighted by Gasteiger charge is -2.21. The maximum absolute atomic E-state index is 13.0. The highest BCUT2D eigenvalue weighted by molar-refractivity contribution is 7.15.